The van der Waals surface area contributed by atoms with Crippen molar-refractivity contribution in [3.63, 3.8) is 0 Å². The van der Waals surface area contributed by atoms with Gasteiger partial charge in [0, 0.05) is 0 Å². The molecule has 0 atom stereocenters. The van der Waals surface area contributed by atoms with Crippen molar-refractivity contribution in [1.29, 1.82) is 0 Å². The van der Waals surface area contributed by atoms with Gasteiger partial charge in [-0.3, -0.25) is 0 Å². The van der Waals surface area contributed by atoms with Crippen LogP contribution in [0.15, 0.2) is 36.4 Å². The van der Waals surface area contributed by atoms with Gasteiger partial charge in [-0.25, -0.2) is 0 Å². The summed E-state index contributed by atoms with van der Waals surface area (Å²) >= 11 is 4.97. The zero-order valence-electron chi connectivity index (χ0n) is 8.51. The Kier molecular flexibility index (Phi) is 3.32. The maximum absolute atomic E-state index is 5.78. The molecule has 0 saturated carbocycles. The third-order valence-corrected chi connectivity index (χ3v) is 4.02. The first-order valence-electron chi connectivity index (χ1n) is 4.75. The van der Waals surface area contributed by atoms with E-state index in [0.29, 0.717) is 0 Å². The van der Waals surface area contributed by atoms with E-state index in [0.717, 1.165) is 31.2 Å². The third-order valence-electron chi connectivity index (χ3n) is 2.39. The van der Waals surface area contributed by atoms with E-state index in [1.165, 1.54) is 0 Å². The molecule has 0 amide bonds. The molecule has 0 saturated heterocycles. The molecule has 16 heavy (non-hydrogen) atoms. The molecule has 2 aromatic carbocycles. The van der Waals surface area contributed by atoms with Gasteiger partial charge in [0.2, 0.25) is 0 Å². The summed E-state index contributed by atoms with van der Waals surface area (Å²) in [6.07, 6.45) is 0. The molecule has 0 aromatic heterocycles. The maximum atomic E-state index is 5.78. The van der Waals surface area contributed by atoms with E-state index < -0.39 is 0 Å². The molecule has 4 heteroatoms. The van der Waals surface area contributed by atoms with Crippen molar-refractivity contribution in [2.45, 2.75) is 0 Å². The Morgan fingerprint density at radius 2 is 1.06 bits per heavy atom. The number of nitrogen functional groups attached to an aromatic ring is 2. The molecule has 4 radical (unpaired) electrons. The van der Waals surface area contributed by atoms with Gasteiger partial charge in [-0.15, -0.1) is 0 Å². The van der Waals surface area contributed by atoms with Crippen molar-refractivity contribution in [3.05, 3.63) is 36.4 Å². The molecular formula is C12H10As2N2. The number of hydrogen-bond donors (Lipinski definition) is 2. The summed E-state index contributed by atoms with van der Waals surface area (Å²) in [6.45, 7) is 0. The molecule has 2 aromatic rings. The molecular weight excluding hydrogens is 322 g/mol. The molecule has 0 aliphatic carbocycles. The van der Waals surface area contributed by atoms with Crippen LogP contribution >= 0.6 is 0 Å². The van der Waals surface area contributed by atoms with Crippen LogP contribution in [0.4, 0.5) is 11.4 Å². The van der Waals surface area contributed by atoms with Gasteiger partial charge in [0.25, 0.3) is 0 Å². The standard InChI is InChI=1S/C12H10As2N2/c13-9-5-7(1-3-11(9)15)8-2-4-12(16)10(14)6-8/h1-6H,15-16H2. The predicted octanol–water partition coefficient (Wildman–Crippen LogP) is 0.106. The second-order valence-corrected chi connectivity index (χ2v) is 5.57. The zero-order chi connectivity index (χ0) is 11.7. The van der Waals surface area contributed by atoms with Crippen molar-refractivity contribution in [2.75, 3.05) is 11.5 Å². The van der Waals surface area contributed by atoms with E-state index in [9.17, 15) is 0 Å². The van der Waals surface area contributed by atoms with Crippen LogP contribution in [0.3, 0.4) is 0 Å². The van der Waals surface area contributed by atoms with Crippen LogP contribution in [0.1, 0.15) is 0 Å². The van der Waals surface area contributed by atoms with E-state index in [1.54, 1.807) is 0 Å². The van der Waals surface area contributed by atoms with Gasteiger partial charge in [-0.1, -0.05) is 0 Å². The molecule has 0 heterocycles. The first-order valence-corrected chi connectivity index (χ1v) is 6.63. The van der Waals surface area contributed by atoms with E-state index in [1.807, 2.05) is 24.3 Å². The number of hydrogen-bond acceptors (Lipinski definition) is 2. The van der Waals surface area contributed by atoms with Crippen molar-refractivity contribution >= 4 is 53.8 Å². The molecule has 2 nitrogen and oxygen atoms in total. The summed E-state index contributed by atoms with van der Waals surface area (Å²) in [5.41, 5.74) is 15.5. The topological polar surface area (TPSA) is 52.0 Å². The molecule has 0 fully saturated rings. The van der Waals surface area contributed by atoms with Crippen LogP contribution in [0.5, 0.6) is 0 Å². The quantitative estimate of drug-likeness (QED) is 0.575. The Labute approximate surface area is 112 Å². The van der Waals surface area contributed by atoms with Crippen molar-refractivity contribution in [3.8, 4) is 11.1 Å². The summed E-state index contributed by atoms with van der Waals surface area (Å²) in [7, 11) is 0. The molecule has 0 bridgehead atoms. The predicted molar refractivity (Wildman–Crippen MR) is 71.5 cm³/mol. The minimum absolute atomic E-state index is 0.798. The van der Waals surface area contributed by atoms with E-state index in [4.69, 9.17) is 11.5 Å². The van der Waals surface area contributed by atoms with E-state index in [-0.39, 0.29) is 0 Å². The number of anilines is 2. The fourth-order valence-corrected chi connectivity index (χ4v) is 2.34. The molecule has 0 spiro atoms. The van der Waals surface area contributed by atoms with E-state index in [2.05, 4.69) is 45.8 Å². The Morgan fingerprint density at radius 1 is 0.688 bits per heavy atom. The molecule has 0 unspecified atom stereocenters. The second-order valence-electron chi connectivity index (χ2n) is 3.55. The van der Waals surface area contributed by atoms with Gasteiger partial charge in [-0.05, 0) is 0 Å². The normalized spacial score (nSPS) is 10.4. The van der Waals surface area contributed by atoms with Crippen LogP contribution < -0.4 is 20.2 Å². The van der Waals surface area contributed by atoms with E-state index >= 15 is 0 Å². The van der Waals surface area contributed by atoms with Crippen LogP contribution in [0.2, 0.25) is 0 Å². The Bertz CT molecular complexity index is 489. The monoisotopic (exact) mass is 332 g/mol. The van der Waals surface area contributed by atoms with Gasteiger partial charge in [0.15, 0.2) is 0 Å². The minimum atomic E-state index is 0.798. The zero-order valence-corrected chi connectivity index (χ0v) is 12.3. The third kappa shape index (κ3) is 2.29. The van der Waals surface area contributed by atoms with Gasteiger partial charge in [0.1, 0.15) is 0 Å². The molecule has 0 aliphatic heterocycles. The van der Waals surface area contributed by atoms with Crippen LogP contribution in [0, 0.1) is 0 Å². The van der Waals surface area contributed by atoms with Crippen LogP contribution in [0.25, 0.3) is 11.1 Å². The van der Waals surface area contributed by atoms with Crippen molar-refractivity contribution in [1.82, 2.24) is 0 Å². The Balaban J connectivity index is 2.50. The summed E-state index contributed by atoms with van der Waals surface area (Å²) in [5, 5.41) is 0. The number of rotatable bonds is 1. The number of nitrogens with two attached hydrogens (primary N) is 2. The van der Waals surface area contributed by atoms with Crippen molar-refractivity contribution < 1.29 is 0 Å². The van der Waals surface area contributed by atoms with Crippen LogP contribution in [-0.4, -0.2) is 33.7 Å². The summed E-state index contributed by atoms with van der Waals surface area (Å²) in [4.78, 5) is 0. The SMILES string of the molecule is Nc1ccc(-c2ccc(N)c([As])c2)cc1[As]. The van der Waals surface area contributed by atoms with Crippen LogP contribution in [-0.2, 0) is 0 Å². The fourth-order valence-electron chi connectivity index (χ4n) is 1.45. The molecule has 78 valence electrons. The second kappa shape index (κ2) is 4.57. The average Bonchev–Trinajstić information content (AvgIpc) is 2.26. The molecule has 0 aliphatic rings. The first-order chi connectivity index (χ1) is 7.58. The number of benzene rings is 2. The average molecular weight is 332 g/mol. The van der Waals surface area contributed by atoms with Gasteiger partial charge >= 0.3 is 113 Å². The van der Waals surface area contributed by atoms with Crippen molar-refractivity contribution in [2.24, 2.45) is 0 Å². The Hall–Kier alpha value is -0.843. The summed E-state index contributed by atoms with van der Waals surface area (Å²) in [5.74, 6) is 0. The van der Waals surface area contributed by atoms with Gasteiger partial charge in [0.05, 0.1) is 0 Å². The molecule has 2 rings (SSSR count). The summed E-state index contributed by atoms with van der Waals surface area (Å²) in [6, 6.07) is 12.0. The first kappa shape index (κ1) is 11.6. The van der Waals surface area contributed by atoms with Gasteiger partial charge < -0.3 is 0 Å². The molecule has 4 N–H and O–H groups in total. The fraction of sp³-hybridized carbons (Fsp3) is 0. The summed E-state index contributed by atoms with van der Waals surface area (Å²) < 4.78 is 2.07. The van der Waals surface area contributed by atoms with Gasteiger partial charge in [-0.2, -0.15) is 0 Å². The Morgan fingerprint density at radius 3 is 1.38 bits per heavy atom.